The molecule has 0 fully saturated rings. The Hall–Kier alpha value is -2.17. The lowest BCUT2D eigenvalue weighted by molar-refractivity contribution is -0.121. The minimum Gasteiger partial charge on any atom is -0.312 e. The van der Waals surface area contributed by atoms with Crippen LogP contribution in [0.5, 0.6) is 0 Å². The summed E-state index contributed by atoms with van der Waals surface area (Å²) in [4.78, 5) is 24.6. The van der Waals surface area contributed by atoms with Crippen LogP contribution < -0.4 is 10.3 Å². The summed E-state index contributed by atoms with van der Waals surface area (Å²) in [6.07, 6.45) is 3.11. The average Bonchev–Trinajstić information content (AvgIpc) is 2.46. The Balaban J connectivity index is 1.93. The van der Waals surface area contributed by atoms with E-state index in [1.54, 1.807) is 6.92 Å². The number of fused-ring (bicyclic) bond motifs is 1. The van der Waals surface area contributed by atoms with Crippen LogP contribution in [0.15, 0.2) is 23.3 Å². The van der Waals surface area contributed by atoms with Crippen molar-refractivity contribution in [1.82, 2.24) is 5.43 Å². The summed E-state index contributed by atoms with van der Waals surface area (Å²) in [6.45, 7) is 2.39. The zero-order valence-corrected chi connectivity index (χ0v) is 11.5. The Morgan fingerprint density at radius 3 is 2.85 bits per heavy atom. The third-order valence-corrected chi connectivity index (χ3v) is 3.82. The van der Waals surface area contributed by atoms with Crippen molar-refractivity contribution >= 4 is 23.2 Å². The molecule has 0 saturated carbocycles. The standard InChI is InChI=1S/C15H17N3O2/c1-10(19)18-8-2-3-12-9-11(4-6-14(12)18)13-5-7-15(20)17-16-13/h4,6,9H,2-3,5,7-8H2,1H3,(H,17,20). The largest absolute Gasteiger partial charge is 0.312 e. The molecule has 5 nitrogen and oxygen atoms in total. The van der Waals surface area contributed by atoms with Gasteiger partial charge in [0.25, 0.3) is 0 Å². The molecule has 0 aromatic heterocycles. The van der Waals surface area contributed by atoms with Crippen molar-refractivity contribution in [3.8, 4) is 0 Å². The molecule has 1 aromatic carbocycles. The second kappa shape index (κ2) is 5.07. The lowest BCUT2D eigenvalue weighted by Gasteiger charge is -2.29. The second-order valence-electron chi connectivity index (χ2n) is 5.21. The van der Waals surface area contributed by atoms with E-state index in [9.17, 15) is 9.59 Å². The Morgan fingerprint density at radius 2 is 2.15 bits per heavy atom. The number of hydrogen-bond acceptors (Lipinski definition) is 3. The lowest BCUT2D eigenvalue weighted by Crippen LogP contribution is -2.33. The van der Waals surface area contributed by atoms with Gasteiger partial charge in [-0.1, -0.05) is 6.07 Å². The number of benzene rings is 1. The summed E-state index contributed by atoms with van der Waals surface area (Å²) >= 11 is 0. The Bertz CT molecular complexity index is 607. The summed E-state index contributed by atoms with van der Waals surface area (Å²) in [5.41, 5.74) is 6.66. The summed E-state index contributed by atoms with van der Waals surface area (Å²) in [5.74, 6) is 0.0513. The van der Waals surface area contributed by atoms with E-state index in [2.05, 4.69) is 16.6 Å². The first-order valence-electron chi connectivity index (χ1n) is 6.92. The van der Waals surface area contributed by atoms with Crippen molar-refractivity contribution in [2.75, 3.05) is 11.4 Å². The minimum atomic E-state index is -0.0329. The molecule has 1 aromatic rings. The van der Waals surface area contributed by atoms with E-state index >= 15 is 0 Å². The summed E-state index contributed by atoms with van der Waals surface area (Å²) < 4.78 is 0. The predicted octanol–water partition coefficient (Wildman–Crippen LogP) is 1.60. The fraction of sp³-hybridized carbons (Fsp3) is 0.400. The molecule has 2 amide bonds. The highest BCUT2D eigenvalue weighted by Crippen LogP contribution is 2.28. The van der Waals surface area contributed by atoms with E-state index in [-0.39, 0.29) is 11.8 Å². The molecule has 1 N–H and O–H groups in total. The van der Waals surface area contributed by atoms with Crippen molar-refractivity contribution in [3.63, 3.8) is 0 Å². The smallest absolute Gasteiger partial charge is 0.240 e. The molecule has 0 aliphatic carbocycles. The van der Waals surface area contributed by atoms with Gasteiger partial charge in [-0.15, -0.1) is 0 Å². The van der Waals surface area contributed by atoms with Gasteiger partial charge in [-0.3, -0.25) is 9.59 Å². The summed E-state index contributed by atoms with van der Waals surface area (Å²) in [7, 11) is 0. The topological polar surface area (TPSA) is 61.8 Å². The van der Waals surface area contributed by atoms with Gasteiger partial charge in [0, 0.05) is 32.0 Å². The van der Waals surface area contributed by atoms with Gasteiger partial charge < -0.3 is 4.90 Å². The molecule has 0 unspecified atom stereocenters. The van der Waals surface area contributed by atoms with Crippen LogP contribution in [0.3, 0.4) is 0 Å². The summed E-state index contributed by atoms with van der Waals surface area (Å²) in [6, 6.07) is 6.07. The number of aryl methyl sites for hydroxylation is 1. The maximum absolute atomic E-state index is 11.6. The Labute approximate surface area is 117 Å². The zero-order chi connectivity index (χ0) is 14.1. The highest BCUT2D eigenvalue weighted by atomic mass is 16.2. The van der Waals surface area contributed by atoms with Crippen molar-refractivity contribution in [3.05, 3.63) is 29.3 Å². The monoisotopic (exact) mass is 271 g/mol. The number of rotatable bonds is 1. The van der Waals surface area contributed by atoms with Gasteiger partial charge in [-0.25, -0.2) is 5.43 Å². The van der Waals surface area contributed by atoms with E-state index < -0.39 is 0 Å². The highest BCUT2D eigenvalue weighted by molar-refractivity contribution is 6.05. The number of nitrogens with zero attached hydrogens (tertiary/aromatic N) is 2. The predicted molar refractivity (Wildman–Crippen MR) is 76.7 cm³/mol. The van der Waals surface area contributed by atoms with Crippen molar-refractivity contribution in [1.29, 1.82) is 0 Å². The lowest BCUT2D eigenvalue weighted by atomic mass is 9.96. The summed E-state index contributed by atoms with van der Waals surface area (Å²) in [5, 5.41) is 4.12. The van der Waals surface area contributed by atoms with E-state index in [4.69, 9.17) is 0 Å². The van der Waals surface area contributed by atoms with Crippen molar-refractivity contribution < 1.29 is 9.59 Å². The van der Waals surface area contributed by atoms with Crippen LogP contribution in [0, 0.1) is 0 Å². The van der Waals surface area contributed by atoms with Crippen LogP contribution in [0.25, 0.3) is 0 Å². The van der Waals surface area contributed by atoms with Gasteiger partial charge in [0.05, 0.1) is 5.71 Å². The van der Waals surface area contributed by atoms with Gasteiger partial charge in [0.15, 0.2) is 0 Å². The van der Waals surface area contributed by atoms with Gasteiger partial charge in [-0.05, 0) is 36.1 Å². The van der Waals surface area contributed by atoms with Gasteiger partial charge in [0.2, 0.25) is 11.8 Å². The number of hydrogen-bond donors (Lipinski definition) is 1. The van der Waals surface area contributed by atoms with Gasteiger partial charge in [-0.2, -0.15) is 5.10 Å². The SMILES string of the molecule is CC(=O)N1CCCc2cc(C3=NNC(=O)CC3)ccc21. The first-order valence-corrected chi connectivity index (χ1v) is 6.92. The van der Waals surface area contributed by atoms with E-state index in [1.807, 2.05) is 17.0 Å². The number of nitrogens with one attached hydrogen (secondary N) is 1. The number of anilines is 1. The van der Waals surface area contributed by atoms with Crippen LogP contribution in [0.4, 0.5) is 5.69 Å². The highest BCUT2D eigenvalue weighted by Gasteiger charge is 2.21. The van der Waals surface area contributed by atoms with Crippen LogP contribution in [-0.4, -0.2) is 24.1 Å². The first kappa shape index (κ1) is 12.8. The molecular weight excluding hydrogens is 254 g/mol. The molecule has 0 atom stereocenters. The number of carbonyl (C=O) groups is 2. The maximum Gasteiger partial charge on any atom is 0.240 e. The van der Waals surface area contributed by atoms with Crippen LogP contribution in [0.2, 0.25) is 0 Å². The molecular formula is C15H17N3O2. The van der Waals surface area contributed by atoms with Crippen LogP contribution >= 0.6 is 0 Å². The number of carbonyl (C=O) groups excluding carboxylic acids is 2. The van der Waals surface area contributed by atoms with Gasteiger partial charge in [0.1, 0.15) is 0 Å². The average molecular weight is 271 g/mol. The minimum absolute atomic E-state index is 0.0329. The molecule has 2 heterocycles. The van der Waals surface area contributed by atoms with E-state index in [1.165, 1.54) is 5.56 Å². The fourth-order valence-electron chi connectivity index (χ4n) is 2.79. The molecule has 0 radical (unpaired) electrons. The Kier molecular flexibility index (Phi) is 3.26. The zero-order valence-electron chi connectivity index (χ0n) is 11.5. The molecule has 0 saturated heterocycles. The second-order valence-corrected chi connectivity index (χ2v) is 5.21. The van der Waals surface area contributed by atoms with Crippen LogP contribution in [-0.2, 0) is 16.0 Å². The normalized spacial score (nSPS) is 18.1. The maximum atomic E-state index is 11.6. The van der Waals surface area contributed by atoms with Crippen LogP contribution in [0.1, 0.15) is 37.3 Å². The molecule has 2 aliphatic heterocycles. The van der Waals surface area contributed by atoms with Gasteiger partial charge >= 0.3 is 0 Å². The molecule has 20 heavy (non-hydrogen) atoms. The molecule has 104 valence electrons. The third kappa shape index (κ3) is 2.31. The number of amides is 2. The molecule has 2 aliphatic rings. The van der Waals surface area contributed by atoms with E-state index in [0.29, 0.717) is 12.8 Å². The Morgan fingerprint density at radius 1 is 1.30 bits per heavy atom. The quantitative estimate of drug-likeness (QED) is 0.843. The van der Waals surface area contributed by atoms with Crippen molar-refractivity contribution in [2.45, 2.75) is 32.6 Å². The number of hydrazone groups is 1. The first-order chi connectivity index (χ1) is 9.65. The van der Waals surface area contributed by atoms with E-state index in [0.717, 1.165) is 36.3 Å². The molecule has 0 spiro atoms. The molecule has 5 heteroatoms. The molecule has 3 rings (SSSR count). The third-order valence-electron chi connectivity index (χ3n) is 3.82. The fourth-order valence-corrected chi connectivity index (χ4v) is 2.79. The molecule has 0 bridgehead atoms. The van der Waals surface area contributed by atoms with Crippen molar-refractivity contribution in [2.24, 2.45) is 5.10 Å².